The number of para-hydroxylation sites is 2. The number of hydrogen-bond donors (Lipinski definition) is 1. The first kappa shape index (κ1) is 43.7. The number of aryl methyl sites for hydroxylation is 1. The van der Waals surface area contributed by atoms with E-state index in [1.165, 1.54) is 9.80 Å². The molecule has 0 bridgehead atoms. The van der Waals surface area contributed by atoms with Gasteiger partial charge in [-0.25, -0.2) is 19.2 Å². The average Bonchev–Trinajstić information content (AvgIpc) is 3.62. The zero-order chi connectivity index (χ0) is 42.9. The number of amides is 2. The van der Waals surface area contributed by atoms with E-state index in [0.717, 1.165) is 27.7 Å². The summed E-state index contributed by atoms with van der Waals surface area (Å²) in [5, 5.41) is 0. The number of likely N-dealkylation sites (N-methyl/N-ethyl adjacent to an activating group) is 2. The quantitative estimate of drug-likeness (QED) is 0.136. The molecular weight excluding hydrogens is 753 g/mol. The van der Waals surface area contributed by atoms with Gasteiger partial charge in [0, 0.05) is 21.1 Å². The van der Waals surface area contributed by atoms with Gasteiger partial charge in [0.1, 0.15) is 46.9 Å². The Morgan fingerprint density at radius 3 is 1.58 bits per heavy atom. The van der Waals surface area contributed by atoms with Crippen LogP contribution in [0.3, 0.4) is 0 Å². The van der Waals surface area contributed by atoms with Crippen molar-refractivity contribution >= 4 is 34.3 Å². The fourth-order valence-corrected chi connectivity index (χ4v) is 6.13. The summed E-state index contributed by atoms with van der Waals surface area (Å²) in [7, 11) is 5.08. The van der Waals surface area contributed by atoms with Crippen molar-refractivity contribution in [3.8, 4) is 11.5 Å². The summed E-state index contributed by atoms with van der Waals surface area (Å²) in [6, 6.07) is 30.8. The van der Waals surface area contributed by atoms with E-state index in [4.69, 9.17) is 18.9 Å². The molecule has 0 atom stereocenters. The molecule has 0 radical (unpaired) electrons. The fraction of sp³-hybridized carbons (Fsp3) is 0.378. The lowest BCUT2D eigenvalue weighted by molar-refractivity contribution is 0.0269. The Hall–Kier alpha value is -6.44. The molecule has 0 spiro atoms. The summed E-state index contributed by atoms with van der Waals surface area (Å²) in [5.41, 5.74) is 3.68. The van der Waals surface area contributed by atoms with Crippen molar-refractivity contribution in [1.82, 2.24) is 28.5 Å². The third kappa shape index (κ3) is 11.8. The largest absolute Gasteiger partial charge is 0.489 e. The minimum atomic E-state index is -0.544. The predicted octanol–water partition coefficient (Wildman–Crippen LogP) is 7.26. The highest BCUT2D eigenvalue weighted by Crippen LogP contribution is 2.26. The lowest BCUT2D eigenvalue weighted by Gasteiger charge is -2.24. The number of rotatable bonds is 12. The summed E-state index contributed by atoms with van der Waals surface area (Å²) in [5.74, 6) is 1.18. The van der Waals surface area contributed by atoms with Crippen molar-refractivity contribution in [2.75, 3.05) is 40.4 Å². The van der Waals surface area contributed by atoms with E-state index in [9.17, 15) is 19.2 Å². The van der Waals surface area contributed by atoms with Gasteiger partial charge >= 0.3 is 23.6 Å². The minimum absolute atomic E-state index is 0.101. The van der Waals surface area contributed by atoms with Gasteiger partial charge in [-0.05, 0) is 76.9 Å². The molecule has 14 heteroatoms. The number of aromatic nitrogens is 4. The molecule has 0 saturated heterocycles. The molecule has 314 valence electrons. The van der Waals surface area contributed by atoms with Crippen LogP contribution in [0.1, 0.15) is 52.7 Å². The smallest absolute Gasteiger partial charge is 0.410 e. The van der Waals surface area contributed by atoms with Gasteiger partial charge in [-0.15, -0.1) is 0 Å². The van der Waals surface area contributed by atoms with E-state index < -0.39 is 23.4 Å². The zero-order valence-electron chi connectivity index (χ0n) is 35.5. The van der Waals surface area contributed by atoms with E-state index in [1.54, 1.807) is 40.9 Å². The first-order valence-electron chi connectivity index (χ1n) is 19.5. The van der Waals surface area contributed by atoms with Crippen LogP contribution in [0, 0.1) is 0 Å². The number of nitrogens with one attached hydrogen (secondary N) is 1. The van der Waals surface area contributed by atoms with Gasteiger partial charge in [0.15, 0.2) is 0 Å². The molecule has 2 heterocycles. The molecule has 2 amide bonds. The van der Waals surface area contributed by atoms with Gasteiger partial charge in [0.25, 0.3) is 0 Å². The Morgan fingerprint density at radius 2 is 1.07 bits per heavy atom. The molecule has 0 aliphatic heterocycles. The van der Waals surface area contributed by atoms with Crippen LogP contribution in [0.5, 0.6) is 11.5 Å². The standard InChI is InChI=1S/C23H29N3O4.C22H27N3O4/c1-23(2,3)30-22(28)24(4)14-15-29-19-13-9-12-18-20(19)25(5)21(27)26(18)16-17-10-7-6-8-11-17;1-22(2,3)29-21(27)24(4)13-14-28-18-12-8-11-17-19(18)23-20(26)25(17)15-16-9-6-5-7-10-16/h6-13H,14-16H2,1-5H3;5-12H,13-15H2,1-4H3,(H,23,26). The monoisotopic (exact) mass is 808 g/mol. The molecule has 1 N–H and O–H groups in total. The second-order valence-corrected chi connectivity index (χ2v) is 16.2. The van der Waals surface area contributed by atoms with Crippen LogP contribution < -0.4 is 20.9 Å². The van der Waals surface area contributed by atoms with E-state index in [1.807, 2.05) is 133 Å². The predicted molar refractivity (Wildman–Crippen MR) is 230 cm³/mol. The summed E-state index contributed by atoms with van der Waals surface area (Å²) in [6.45, 7) is 13.2. The number of carbonyl (C=O) groups is 2. The second-order valence-electron chi connectivity index (χ2n) is 16.2. The van der Waals surface area contributed by atoms with Gasteiger partial charge in [-0.2, -0.15) is 0 Å². The van der Waals surface area contributed by atoms with E-state index in [2.05, 4.69) is 4.98 Å². The van der Waals surface area contributed by atoms with Crippen molar-refractivity contribution in [2.24, 2.45) is 7.05 Å². The Bertz CT molecular complexity index is 2450. The number of imidazole rings is 2. The topological polar surface area (TPSA) is 142 Å². The molecule has 0 fully saturated rings. The summed E-state index contributed by atoms with van der Waals surface area (Å²) in [4.78, 5) is 55.3. The number of benzene rings is 4. The number of hydrogen-bond acceptors (Lipinski definition) is 8. The Labute approximate surface area is 344 Å². The number of H-pyrrole nitrogens is 1. The van der Waals surface area contributed by atoms with Gasteiger partial charge in [-0.1, -0.05) is 72.8 Å². The fourth-order valence-electron chi connectivity index (χ4n) is 6.13. The zero-order valence-corrected chi connectivity index (χ0v) is 35.5. The van der Waals surface area contributed by atoms with Crippen molar-refractivity contribution in [2.45, 2.75) is 65.8 Å². The summed E-state index contributed by atoms with van der Waals surface area (Å²) in [6.07, 6.45) is -0.799. The Morgan fingerprint density at radius 1 is 0.610 bits per heavy atom. The Kier molecular flexibility index (Phi) is 14.0. The van der Waals surface area contributed by atoms with E-state index in [0.29, 0.717) is 43.2 Å². The average molecular weight is 809 g/mol. The van der Waals surface area contributed by atoms with Crippen molar-refractivity contribution in [3.63, 3.8) is 0 Å². The molecular formula is C45H56N6O8. The molecule has 2 aromatic heterocycles. The molecule has 14 nitrogen and oxygen atoms in total. The lowest BCUT2D eigenvalue weighted by atomic mass is 10.2. The Balaban J connectivity index is 0.000000224. The summed E-state index contributed by atoms with van der Waals surface area (Å²) < 4.78 is 27.5. The van der Waals surface area contributed by atoms with E-state index >= 15 is 0 Å². The van der Waals surface area contributed by atoms with Crippen molar-refractivity contribution in [1.29, 1.82) is 0 Å². The maximum absolute atomic E-state index is 12.8. The maximum Gasteiger partial charge on any atom is 0.410 e. The van der Waals surface area contributed by atoms with E-state index in [-0.39, 0.29) is 24.6 Å². The molecule has 0 saturated carbocycles. The highest BCUT2D eigenvalue weighted by atomic mass is 16.6. The molecule has 4 aromatic carbocycles. The molecule has 0 aliphatic rings. The third-order valence-electron chi connectivity index (χ3n) is 9.04. The van der Waals surface area contributed by atoms with Crippen LogP contribution in [0.15, 0.2) is 107 Å². The van der Waals surface area contributed by atoms with Crippen LogP contribution in [-0.2, 0) is 29.6 Å². The third-order valence-corrected chi connectivity index (χ3v) is 9.04. The highest BCUT2D eigenvalue weighted by molar-refractivity contribution is 5.83. The highest BCUT2D eigenvalue weighted by Gasteiger charge is 2.21. The number of aromatic amines is 1. The molecule has 6 rings (SSSR count). The number of carbonyl (C=O) groups excluding carboxylic acids is 2. The van der Waals surface area contributed by atoms with Crippen molar-refractivity contribution in [3.05, 3.63) is 129 Å². The maximum atomic E-state index is 12.8. The van der Waals surface area contributed by atoms with Gasteiger partial charge < -0.3 is 33.7 Å². The normalized spacial score (nSPS) is 11.5. The number of nitrogens with zero attached hydrogens (tertiary/aromatic N) is 5. The minimum Gasteiger partial charge on any atom is -0.489 e. The summed E-state index contributed by atoms with van der Waals surface area (Å²) >= 11 is 0. The number of ether oxygens (including phenoxy) is 4. The van der Waals surface area contributed by atoms with Crippen LogP contribution in [0.25, 0.3) is 22.1 Å². The SMILES string of the molecule is CN(CCOc1cccc2c1[nH]c(=O)n2Cc1ccccc1)C(=O)OC(C)(C)C.CN(CCOc1cccc2c1n(C)c(=O)n2Cc1ccccc1)C(=O)OC(C)(C)C. The first-order valence-corrected chi connectivity index (χ1v) is 19.5. The van der Waals surface area contributed by atoms with Gasteiger partial charge in [0.05, 0.1) is 37.2 Å². The van der Waals surface area contributed by atoms with Crippen LogP contribution in [0.4, 0.5) is 9.59 Å². The molecule has 6 aromatic rings. The van der Waals surface area contributed by atoms with Crippen LogP contribution >= 0.6 is 0 Å². The van der Waals surface area contributed by atoms with Crippen LogP contribution in [-0.4, -0.2) is 92.3 Å². The van der Waals surface area contributed by atoms with Gasteiger partial charge in [0.2, 0.25) is 0 Å². The first-order chi connectivity index (χ1) is 27.9. The molecule has 59 heavy (non-hydrogen) atoms. The number of fused-ring (bicyclic) bond motifs is 2. The molecule has 0 aliphatic carbocycles. The second kappa shape index (κ2) is 18.9. The van der Waals surface area contributed by atoms with Gasteiger partial charge in [-0.3, -0.25) is 13.7 Å². The van der Waals surface area contributed by atoms with Crippen LogP contribution in [0.2, 0.25) is 0 Å². The lowest BCUT2D eigenvalue weighted by Crippen LogP contribution is -2.36. The van der Waals surface area contributed by atoms with Crippen molar-refractivity contribution < 1.29 is 28.5 Å². The molecule has 0 unspecified atom stereocenters.